The van der Waals surface area contributed by atoms with Crippen molar-refractivity contribution in [2.24, 2.45) is 0 Å². The Balaban J connectivity index is 1.87. The van der Waals surface area contributed by atoms with Crippen LogP contribution in [0.25, 0.3) is 0 Å². The summed E-state index contributed by atoms with van der Waals surface area (Å²) in [5.74, 6) is 0.0958. The number of aliphatic hydroxyl groups excluding tert-OH is 1. The summed E-state index contributed by atoms with van der Waals surface area (Å²) in [5.41, 5.74) is 3.19. The minimum Gasteiger partial charge on any atom is -0.387 e. The number of benzene rings is 1. The highest BCUT2D eigenvalue weighted by atomic mass is 16.5. The second-order valence-electron chi connectivity index (χ2n) is 6.13. The lowest BCUT2D eigenvalue weighted by Gasteiger charge is -2.29. The Kier molecular flexibility index (Phi) is 5.94. The Bertz CT molecular complexity index is 492. The van der Waals surface area contributed by atoms with Crippen LogP contribution in [-0.2, 0) is 9.53 Å². The zero-order valence-electron chi connectivity index (χ0n) is 13.7. The number of amides is 1. The summed E-state index contributed by atoms with van der Waals surface area (Å²) in [4.78, 5) is 15.9. The van der Waals surface area contributed by atoms with E-state index in [0.29, 0.717) is 39.4 Å². The molecule has 1 aliphatic heterocycles. The van der Waals surface area contributed by atoms with Crippen LogP contribution in [0.2, 0.25) is 0 Å². The van der Waals surface area contributed by atoms with E-state index in [4.69, 9.17) is 4.74 Å². The number of morpholine rings is 1. The monoisotopic (exact) mass is 306 g/mol. The normalized spacial score (nSPS) is 16.9. The molecular formula is C17H26N2O3. The predicted molar refractivity (Wildman–Crippen MR) is 85.8 cm³/mol. The summed E-state index contributed by atoms with van der Waals surface area (Å²) in [6.45, 7) is 7.35. The number of carbonyl (C=O) groups excluding carboxylic acids is 1. The van der Waals surface area contributed by atoms with Gasteiger partial charge in [-0.2, -0.15) is 0 Å². The maximum absolute atomic E-state index is 12.2. The Morgan fingerprint density at radius 1 is 1.27 bits per heavy atom. The molecule has 5 heteroatoms. The lowest BCUT2D eigenvalue weighted by atomic mass is 10.0. The minimum absolute atomic E-state index is 0.0958. The maximum atomic E-state index is 12.2. The van der Waals surface area contributed by atoms with Gasteiger partial charge < -0.3 is 14.7 Å². The first-order valence-electron chi connectivity index (χ1n) is 7.76. The molecule has 0 bridgehead atoms. The van der Waals surface area contributed by atoms with E-state index in [1.807, 2.05) is 42.8 Å². The third-order valence-corrected chi connectivity index (χ3v) is 3.88. The van der Waals surface area contributed by atoms with Crippen LogP contribution in [0.1, 0.15) is 22.8 Å². The standard InChI is InChI=1S/C17H26N2O3/c1-13-8-14(2)10-15(9-13)16(20)11-18(3)12-17(21)19-4-6-22-7-5-19/h8-10,16,20H,4-7,11-12H2,1-3H3. The minimum atomic E-state index is -0.582. The highest BCUT2D eigenvalue weighted by molar-refractivity contribution is 5.78. The number of carbonyl (C=O) groups is 1. The van der Waals surface area contributed by atoms with Gasteiger partial charge in [-0.05, 0) is 26.5 Å². The van der Waals surface area contributed by atoms with E-state index in [1.54, 1.807) is 0 Å². The molecular weight excluding hydrogens is 280 g/mol. The molecule has 0 aliphatic carbocycles. The van der Waals surface area contributed by atoms with E-state index in [9.17, 15) is 9.90 Å². The SMILES string of the molecule is Cc1cc(C)cc(C(O)CN(C)CC(=O)N2CCOCC2)c1. The molecule has 1 unspecified atom stereocenters. The molecule has 1 amide bonds. The second kappa shape index (κ2) is 7.72. The summed E-state index contributed by atoms with van der Waals surface area (Å²) in [7, 11) is 1.87. The first kappa shape index (κ1) is 16.9. The smallest absolute Gasteiger partial charge is 0.236 e. The molecule has 0 radical (unpaired) electrons. The van der Waals surface area contributed by atoms with E-state index in [0.717, 1.165) is 16.7 Å². The number of hydrogen-bond donors (Lipinski definition) is 1. The van der Waals surface area contributed by atoms with E-state index in [-0.39, 0.29) is 5.91 Å². The predicted octanol–water partition coefficient (Wildman–Crippen LogP) is 1.13. The summed E-state index contributed by atoms with van der Waals surface area (Å²) in [6.07, 6.45) is -0.582. The van der Waals surface area contributed by atoms with E-state index >= 15 is 0 Å². The summed E-state index contributed by atoms with van der Waals surface area (Å²) in [5, 5.41) is 10.4. The molecule has 22 heavy (non-hydrogen) atoms. The molecule has 1 aliphatic rings. The topological polar surface area (TPSA) is 53.0 Å². The molecule has 1 saturated heterocycles. The van der Waals surface area contributed by atoms with Crippen LogP contribution in [0.5, 0.6) is 0 Å². The first-order valence-corrected chi connectivity index (χ1v) is 7.76. The number of aliphatic hydroxyl groups is 1. The van der Waals surface area contributed by atoms with Gasteiger partial charge in [0.1, 0.15) is 0 Å². The molecule has 1 aromatic carbocycles. The van der Waals surface area contributed by atoms with Crippen LogP contribution < -0.4 is 0 Å². The van der Waals surface area contributed by atoms with Gasteiger partial charge in [0.2, 0.25) is 5.91 Å². The summed E-state index contributed by atoms with van der Waals surface area (Å²) >= 11 is 0. The van der Waals surface area contributed by atoms with Gasteiger partial charge in [-0.3, -0.25) is 9.69 Å². The number of rotatable bonds is 5. The van der Waals surface area contributed by atoms with Gasteiger partial charge in [0.25, 0.3) is 0 Å². The van der Waals surface area contributed by atoms with Crippen molar-refractivity contribution in [3.05, 3.63) is 34.9 Å². The third-order valence-electron chi connectivity index (χ3n) is 3.88. The maximum Gasteiger partial charge on any atom is 0.236 e. The van der Waals surface area contributed by atoms with Crippen molar-refractivity contribution in [3.8, 4) is 0 Å². The number of likely N-dealkylation sites (N-methyl/N-ethyl adjacent to an activating group) is 1. The van der Waals surface area contributed by atoms with Crippen molar-refractivity contribution >= 4 is 5.91 Å². The van der Waals surface area contributed by atoms with Crippen molar-refractivity contribution < 1.29 is 14.6 Å². The lowest BCUT2D eigenvalue weighted by molar-refractivity contribution is -0.136. The van der Waals surface area contributed by atoms with Gasteiger partial charge in [-0.25, -0.2) is 0 Å². The molecule has 1 fully saturated rings. The molecule has 1 N–H and O–H groups in total. The molecule has 1 atom stereocenters. The second-order valence-corrected chi connectivity index (χ2v) is 6.13. The molecule has 122 valence electrons. The zero-order chi connectivity index (χ0) is 16.1. The Morgan fingerprint density at radius 2 is 1.86 bits per heavy atom. The number of ether oxygens (including phenoxy) is 1. The number of nitrogens with zero attached hydrogens (tertiary/aromatic N) is 2. The van der Waals surface area contributed by atoms with Crippen LogP contribution in [0.3, 0.4) is 0 Å². The van der Waals surface area contributed by atoms with Gasteiger partial charge in [0.05, 0.1) is 25.9 Å². The van der Waals surface area contributed by atoms with Crippen LogP contribution in [0.4, 0.5) is 0 Å². The third kappa shape index (κ3) is 4.80. The molecule has 2 rings (SSSR count). The van der Waals surface area contributed by atoms with Crippen LogP contribution in [0.15, 0.2) is 18.2 Å². The quantitative estimate of drug-likeness (QED) is 0.886. The molecule has 0 aromatic heterocycles. The number of hydrogen-bond acceptors (Lipinski definition) is 4. The fraction of sp³-hybridized carbons (Fsp3) is 0.588. The van der Waals surface area contributed by atoms with Crippen LogP contribution in [0, 0.1) is 13.8 Å². The molecule has 5 nitrogen and oxygen atoms in total. The van der Waals surface area contributed by atoms with E-state index in [2.05, 4.69) is 6.07 Å². The first-order chi connectivity index (χ1) is 10.5. The molecule has 1 heterocycles. The van der Waals surface area contributed by atoms with Crippen LogP contribution in [-0.4, -0.2) is 67.3 Å². The van der Waals surface area contributed by atoms with Crippen LogP contribution >= 0.6 is 0 Å². The summed E-state index contributed by atoms with van der Waals surface area (Å²) in [6, 6.07) is 6.08. The Hall–Kier alpha value is -1.43. The molecule has 1 aromatic rings. The van der Waals surface area contributed by atoms with Gasteiger partial charge in [0, 0.05) is 19.6 Å². The van der Waals surface area contributed by atoms with E-state index < -0.39 is 6.10 Å². The van der Waals surface area contributed by atoms with Crippen molar-refractivity contribution in [2.45, 2.75) is 20.0 Å². The van der Waals surface area contributed by atoms with Crippen molar-refractivity contribution in [2.75, 3.05) is 46.4 Å². The van der Waals surface area contributed by atoms with Gasteiger partial charge in [0.15, 0.2) is 0 Å². The molecule has 0 saturated carbocycles. The van der Waals surface area contributed by atoms with E-state index in [1.165, 1.54) is 0 Å². The van der Waals surface area contributed by atoms with Crippen molar-refractivity contribution in [1.82, 2.24) is 9.80 Å². The molecule has 0 spiro atoms. The average molecular weight is 306 g/mol. The van der Waals surface area contributed by atoms with Gasteiger partial charge >= 0.3 is 0 Å². The fourth-order valence-electron chi connectivity index (χ4n) is 2.81. The van der Waals surface area contributed by atoms with Gasteiger partial charge in [-0.15, -0.1) is 0 Å². The van der Waals surface area contributed by atoms with Gasteiger partial charge in [-0.1, -0.05) is 29.3 Å². The average Bonchev–Trinajstić information content (AvgIpc) is 2.47. The Morgan fingerprint density at radius 3 is 2.45 bits per heavy atom. The van der Waals surface area contributed by atoms with Crippen molar-refractivity contribution in [3.63, 3.8) is 0 Å². The summed E-state index contributed by atoms with van der Waals surface area (Å²) < 4.78 is 5.25. The number of aryl methyl sites for hydroxylation is 2. The van der Waals surface area contributed by atoms with Crippen molar-refractivity contribution in [1.29, 1.82) is 0 Å². The fourth-order valence-corrected chi connectivity index (χ4v) is 2.81. The highest BCUT2D eigenvalue weighted by Gasteiger charge is 2.19. The Labute approximate surface area is 132 Å². The zero-order valence-corrected chi connectivity index (χ0v) is 13.7. The largest absolute Gasteiger partial charge is 0.387 e. The highest BCUT2D eigenvalue weighted by Crippen LogP contribution is 2.17. The lowest BCUT2D eigenvalue weighted by Crippen LogP contribution is -2.45.